The molecule has 0 atom stereocenters. The average molecular weight is 331 g/mol. The van der Waals surface area contributed by atoms with E-state index in [1.165, 1.54) is 0 Å². The molecule has 0 saturated carbocycles. The van der Waals surface area contributed by atoms with E-state index in [4.69, 9.17) is 5.73 Å². The van der Waals surface area contributed by atoms with Gasteiger partial charge >= 0.3 is 113 Å². The van der Waals surface area contributed by atoms with Crippen molar-refractivity contribution >= 4 is 29.2 Å². The fourth-order valence-corrected chi connectivity index (χ4v) is 13.8. The van der Waals surface area contributed by atoms with E-state index in [-0.39, 0.29) is 0 Å². The summed E-state index contributed by atoms with van der Waals surface area (Å²) in [6, 6.07) is 6.36. The molecule has 1 aromatic rings. The zero-order valence-electron chi connectivity index (χ0n) is 11.2. The van der Waals surface area contributed by atoms with Crippen molar-refractivity contribution in [2.24, 2.45) is 0 Å². The maximum absolute atomic E-state index is 12.3. The van der Waals surface area contributed by atoms with Crippen molar-refractivity contribution in [1.82, 2.24) is 3.68 Å². The summed E-state index contributed by atoms with van der Waals surface area (Å²) in [5.74, 6) is 0. The van der Waals surface area contributed by atoms with Crippen molar-refractivity contribution in [1.29, 1.82) is 0 Å². The molecule has 0 fully saturated rings. The maximum atomic E-state index is 12.3. The van der Waals surface area contributed by atoms with Gasteiger partial charge in [0, 0.05) is 0 Å². The molecular weight excluding hydrogens is 309 g/mol. The van der Waals surface area contributed by atoms with Crippen LogP contribution in [-0.4, -0.2) is 21.9 Å². The summed E-state index contributed by atoms with van der Waals surface area (Å²) in [5.41, 5.74) is 6.14. The summed E-state index contributed by atoms with van der Waals surface area (Å²) in [6.07, 6.45) is 0. The molecule has 18 heavy (non-hydrogen) atoms. The van der Waals surface area contributed by atoms with Gasteiger partial charge in [0.15, 0.2) is 0 Å². The number of hydrogen-bond donors (Lipinski definition) is 2. The summed E-state index contributed by atoms with van der Waals surface area (Å²) in [7, 11) is -3.39. The van der Waals surface area contributed by atoms with Gasteiger partial charge in [0.2, 0.25) is 0 Å². The molecule has 0 heterocycles. The van der Waals surface area contributed by atoms with Crippen molar-refractivity contribution < 1.29 is 8.42 Å². The first-order valence-corrected chi connectivity index (χ1v) is 13.3. The van der Waals surface area contributed by atoms with Gasteiger partial charge in [-0.25, -0.2) is 0 Å². The van der Waals surface area contributed by atoms with E-state index >= 15 is 0 Å². The van der Waals surface area contributed by atoms with Crippen LogP contribution in [0.4, 0.5) is 5.69 Å². The molecule has 0 aliphatic heterocycles. The monoisotopic (exact) mass is 332 g/mol. The van der Waals surface area contributed by atoms with E-state index in [2.05, 4.69) is 24.5 Å². The minimum atomic E-state index is -3.39. The Morgan fingerprint density at radius 3 is 1.89 bits per heavy atom. The standard InChI is InChI=1S/C12H22GeN2O2S/c1-4-13(5-2,6-3)15-18(16,17)12-9-7-11(14)8-10-12/h7-10,15H,4-6,14H2,1-3H3. The molecule has 102 valence electrons. The second-order valence-electron chi connectivity index (χ2n) is 4.52. The molecular formula is C12H22GeN2O2S. The second kappa shape index (κ2) is 6.08. The molecule has 0 saturated heterocycles. The first kappa shape index (κ1) is 15.5. The van der Waals surface area contributed by atoms with Crippen LogP contribution in [0.5, 0.6) is 0 Å². The number of anilines is 1. The van der Waals surface area contributed by atoms with E-state index in [1.807, 2.05) is 0 Å². The molecule has 4 nitrogen and oxygen atoms in total. The summed E-state index contributed by atoms with van der Waals surface area (Å²) >= 11 is -2.46. The van der Waals surface area contributed by atoms with E-state index in [0.717, 1.165) is 15.8 Å². The van der Waals surface area contributed by atoms with Crippen LogP contribution in [0.3, 0.4) is 0 Å². The van der Waals surface area contributed by atoms with Crippen LogP contribution in [0.15, 0.2) is 29.2 Å². The predicted octanol–water partition coefficient (Wildman–Crippen LogP) is 2.55. The van der Waals surface area contributed by atoms with Crippen molar-refractivity contribution in [2.45, 2.75) is 41.4 Å². The predicted molar refractivity (Wildman–Crippen MR) is 78.4 cm³/mol. The molecule has 1 aromatic carbocycles. The Morgan fingerprint density at radius 1 is 1.06 bits per heavy atom. The number of nitrogens with one attached hydrogen (secondary N) is 1. The number of nitrogens with two attached hydrogens (primary N) is 1. The zero-order valence-corrected chi connectivity index (χ0v) is 14.1. The number of benzene rings is 1. The van der Waals surface area contributed by atoms with Gasteiger partial charge in [0.05, 0.1) is 0 Å². The summed E-state index contributed by atoms with van der Waals surface area (Å²) in [4.78, 5) is 0.307. The van der Waals surface area contributed by atoms with Gasteiger partial charge in [-0.15, -0.1) is 0 Å². The molecule has 0 amide bonds. The third kappa shape index (κ3) is 3.49. The van der Waals surface area contributed by atoms with Crippen LogP contribution >= 0.6 is 0 Å². The van der Waals surface area contributed by atoms with Gasteiger partial charge in [-0.1, -0.05) is 0 Å². The Hall–Kier alpha value is -0.527. The SMILES string of the molecule is C[CH2][Ge]([CH2]C)([CH2]C)[NH]S(=O)(=O)c1ccc(N)cc1. The Morgan fingerprint density at radius 2 is 1.50 bits per heavy atom. The Bertz CT molecular complexity index is 473. The van der Waals surface area contributed by atoms with E-state index in [0.29, 0.717) is 10.6 Å². The third-order valence-corrected chi connectivity index (χ3v) is 18.1. The van der Waals surface area contributed by atoms with Crippen LogP contribution in [0.2, 0.25) is 15.8 Å². The van der Waals surface area contributed by atoms with E-state index in [1.54, 1.807) is 24.3 Å². The van der Waals surface area contributed by atoms with Crippen LogP contribution in [0.25, 0.3) is 0 Å². The molecule has 0 bridgehead atoms. The van der Waals surface area contributed by atoms with Crippen molar-refractivity contribution in [3.8, 4) is 0 Å². The molecule has 6 heteroatoms. The van der Waals surface area contributed by atoms with Gasteiger partial charge in [-0.05, 0) is 0 Å². The normalized spacial score (nSPS) is 12.6. The zero-order chi connectivity index (χ0) is 13.8. The number of hydrogen-bond acceptors (Lipinski definition) is 3. The Balaban J connectivity index is 3.04. The molecule has 0 unspecified atom stereocenters. The molecule has 0 aliphatic rings. The molecule has 1 rings (SSSR count). The van der Waals surface area contributed by atoms with Crippen molar-refractivity contribution in [2.75, 3.05) is 5.73 Å². The summed E-state index contributed by atoms with van der Waals surface area (Å²) in [5, 5.41) is 2.88. The molecule has 0 spiro atoms. The molecule has 0 aromatic heterocycles. The van der Waals surface area contributed by atoms with Gasteiger partial charge < -0.3 is 0 Å². The van der Waals surface area contributed by atoms with Crippen LogP contribution in [0.1, 0.15) is 20.8 Å². The summed E-state index contributed by atoms with van der Waals surface area (Å²) in [6.45, 7) is 6.25. The van der Waals surface area contributed by atoms with Gasteiger partial charge in [0.25, 0.3) is 0 Å². The number of rotatable bonds is 6. The van der Waals surface area contributed by atoms with Gasteiger partial charge in [-0.2, -0.15) is 0 Å². The van der Waals surface area contributed by atoms with Crippen molar-refractivity contribution in [3.05, 3.63) is 24.3 Å². The quantitative estimate of drug-likeness (QED) is 0.622. The van der Waals surface area contributed by atoms with Crippen LogP contribution < -0.4 is 9.41 Å². The molecule has 3 N–H and O–H groups in total. The van der Waals surface area contributed by atoms with E-state index in [9.17, 15) is 8.42 Å². The minimum absolute atomic E-state index is 0.307. The van der Waals surface area contributed by atoms with Gasteiger partial charge in [-0.3, -0.25) is 0 Å². The first-order chi connectivity index (χ1) is 8.39. The second-order valence-corrected chi connectivity index (χ2v) is 17.3. The fourth-order valence-electron chi connectivity index (χ4n) is 1.96. The Labute approximate surface area is 113 Å². The number of sulfonamides is 1. The topological polar surface area (TPSA) is 72.2 Å². The summed E-state index contributed by atoms with van der Waals surface area (Å²) < 4.78 is 27.7. The molecule has 0 aliphatic carbocycles. The van der Waals surface area contributed by atoms with Gasteiger partial charge in [0.1, 0.15) is 0 Å². The van der Waals surface area contributed by atoms with E-state index < -0.39 is 23.5 Å². The fraction of sp³-hybridized carbons (Fsp3) is 0.500. The van der Waals surface area contributed by atoms with Crippen molar-refractivity contribution in [3.63, 3.8) is 0 Å². The van der Waals surface area contributed by atoms with Crippen LogP contribution in [0, 0.1) is 0 Å². The molecule has 0 radical (unpaired) electrons. The van der Waals surface area contributed by atoms with Crippen LogP contribution in [-0.2, 0) is 10.0 Å². The average Bonchev–Trinajstić information content (AvgIpc) is 2.37. The Kier molecular flexibility index (Phi) is 5.24. The third-order valence-electron chi connectivity index (χ3n) is 3.57. The first-order valence-electron chi connectivity index (χ1n) is 6.28. The number of nitrogen functional groups attached to an aromatic ring is 1.